The molecule has 1 aliphatic heterocycles. The number of nitrogens with one attached hydrogen (secondary N) is 1. The fourth-order valence-electron chi connectivity index (χ4n) is 3.31. The van der Waals surface area contributed by atoms with Crippen LogP contribution in [0.25, 0.3) is 11.3 Å². The first kappa shape index (κ1) is 22.8. The number of fused-ring (bicyclic) bond motifs is 1. The average Bonchev–Trinajstić information content (AvgIpc) is 3.15. The Kier molecular flexibility index (Phi) is 6.69. The van der Waals surface area contributed by atoms with Crippen LogP contribution in [0.5, 0.6) is 5.75 Å². The van der Waals surface area contributed by atoms with E-state index in [1.807, 2.05) is 24.4 Å². The van der Waals surface area contributed by atoms with Crippen molar-refractivity contribution in [3.63, 3.8) is 0 Å². The third kappa shape index (κ3) is 5.36. The van der Waals surface area contributed by atoms with Crippen molar-refractivity contribution in [2.75, 3.05) is 11.9 Å². The number of amides is 1. The lowest BCUT2D eigenvalue weighted by Gasteiger charge is -2.18. The lowest BCUT2D eigenvalue weighted by molar-refractivity contribution is -0.118. The molecule has 0 aliphatic carbocycles. The number of ether oxygens (including phenoxy) is 1. The van der Waals surface area contributed by atoms with Gasteiger partial charge in [0.05, 0.1) is 11.4 Å². The van der Waals surface area contributed by atoms with Crippen LogP contribution in [0.3, 0.4) is 0 Å². The second-order valence-corrected chi connectivity index (χ2v) is 9.07. The Bertz CT molecular complexity index is 1290. The molecular weight excluding hydrogens is 446 g/mol. The number of carbonyl (C=O) groups is 1. The maximum absolute atomic E-state index is 14.3. The molecule has 4 rings (SSSR count). The van der Waals surface area contributed by atoms with E-state index in [2.05, 4.69) is 24.2 Å². The highest BCUT2D eigenvalue weighted by atomic mass is 32.1. The maximum Gasteiger partial charge on any atom is 0.262 e. The molecule has 1 aromatic heterocycles. The Morgan fingerprint density at radius 1 is 1.24 bits per heavy atom. The number of hydrogen-bond acceptors (Lipinski definition) is 5. The first-order valence-electron chi connectivity index (χ1n) is 10.6. The minimum Gasteiger partial charge on any atom is -0.482 e. The summed E-state index contributed by atoms with van der Waals surface area (Å²) >= 11 is 1.29. The number of hydrogen-bond donors (Lipinski definition) is 1. The number of carbonyl (C=O) groups excluding carboxylic acids is 1. The predicted octanol–water partition coefficient (Wildman–Crippen LogP) is 5.72. The van der Waals surface area contributed by atoms with Crippen LogP contribution in [0.4, 0.5) is 20.2 Å². The van der Waals surface area contributed by atoms with Gasteiger partial charge < -0.3 is 10.1 Å². The summed E-state index contributed by atoms with van der Waals surface area (Å²) < 4.78 is 34.7. The molecule has 1 amide bonds. The molecule has 1 aliphatic rings. The fourth-order valence-corrected chi connectivity index (χ4v) is 4.15. The molecule has 6 nitrogen and oxygen atoms in total. The molecular formula is C24H24F2N4O2S. The first-order chi connectivity index (χ1) is 15.8. The lowest BCUT2D eigenvalue weighted by atomic mass is 10.1. The summed E-state index contributed by atoms with van der Waals surface area (Å²) in [6.07, 6.45) is 1.79. The van der Waals surface area contributed by atoms with Crippen molar-refractivity contribution in [2.45, 2.75) is 33.6 Å². The number of halogens is 2. The van der Waals surface area contributed by atoms with Crippen molar-refractivity contribution >= 4 is 34.3 Å². The summed E-state index contributed by atoms with van der Waals surface area (Å²) in [7, 11) is 0. The van der Waals surface area contributed by atoms with Gasteiger partial charge in [0.15, 0.2) is 12.4 Å². The number of thiazole rings is 1. The van der Waals surface area contributed by atoms with Crippen molar-refractivity contribution in [1.82, 2.24) is 4.68 Å². The molecule has 0 saturated heterocycles. The molecule has 0 radical (unpaired) electrons. The third-order valence-electron chi connectivity index (χ3n) is 5.07. The van der Waals surface area contributed by atoms with E-state index in [1.54, 1.807) is 10.7 Å². The van der Waals surface area contributed by atoms with Crippen LogP contribution < -0.4 is 14.9 Å². The minimum atomic E-state index is -0.745. The van der Waals surface area contributed by atoms with Gasteiger partial charge in [-0.05, 0) is 56.0 Å². The number of rotatable bonds is 6. The van der Waals surface area contributed by atoms with E-state index < -0.39 is 11.6 Å². The van der Waals surface area contributed by atoms with Crippen LogP contribution in [0.1, 0.15) is 33.6 Å². The zero-order valence-electron chi connectivity index (χ0n) is 18.6. The van der Waals surface area contributed by atoms with E-state index in [9.17, 15) is 13.6 Å². The van der Waals surface area contributed by atoms with Gasteiger partial charge in [-0.3, -0.25) is 4.79 Å². The Hall–Kier alpha value is -3.33. The van der Waals surface area contributed by atoms with Crippen molar-refractivity contribution in [3.05, 3.63) is 58.2 Å². The zero-order valence-corrected chi connectivity index (χ0v) is 19.4. The maximum atomic E-state index is 14.3. The van der Waals surface area contributed by atoms with Gasteiger partial charge in [0.25, 0.3) is 5.91 Å². The molecule has 3 aromatic rings. The van der Waals surface area contributed by atoms with Gasteiger partial charge >= 0.3 is 0 Å². The summed E-state index contributed by atoms with van der Waals surface area (Å²) in [4.78, 5) is 16.6. The number of nitrogens with zero attached hydrogens (tertiary/aromatic N) is 3. The molecule has 0 spiro atoms. The monoisotopic (exact) mass is 470 g/mol. The average molecular weight is 471 g/mol. The zero-order chi connectivity index (χ0) is 23.5. The van der Waals surface area contributed by atoms with Crippen molar-refractivity contribution in [3.8, 4) is 17.0 Å². The van der Waals surface area contributed by atoms with Gasteiger partial charge in [0, 0.05) is 22.7 Å². The van der Waals surface area contributed by atoms with Crippen molar-refractivity contribution in [1.29, 1.82) is 0 Å². The van der Waals surface area contributed by atoms with Crippen LogP contribution in [0, 0.1) is 17.6 Å². The molecule has 9 heteroatoms. The van der Waals surface area contributed by atoms with E-state index in [4.69, 9.17) is 9.84 Å². The Labute approximate surface area is 194 Å². The van der Waals surface area contributed by atoms with Crippen LogP contribution >= 0.6 is 11.3 Å². The third-order valence-corrected chi connectivity index (χ3v) is 5.89. The fraction of sp³-hybridized carbons (Fsp3) is 0.292. The topological polar surface area (TPSA) is 68.0 Å². The van der Waals surface area contributed by atoms with Gasteiger partial charge in [-0.1, -0.05) is 13.8 Å². The summed E-state index contributed by atoms with van der Waals surface area (Å²) in [5.41, 5.74) is 3.02. The van der Waals surface area contributed by atoms with Crippen molar-refractivity contribution < 1.29 is 18.3 Å². The summed E-state index contributed by atoms with van der Waals surface area (Å²) in [5.74, 6) is -0.501. The van der Waals surface area contributed by atoms with Gasteiger partial charge in [-0.15, -0.1) is 11.3 Å². The van der Waals surface area contributed by atoms with Crippen LogP contribution in [-0.2, 0) is 4.79 Å². The first-order valence-corrected chi connectivity index (χ1v) is 11.5. The van der Waals surface area contributed by atoms with E-state index in [0.29, 0.717) is 22.2 Å². The highest BCUT2D eigenvalue weighted by molar-refractivity contribution is 7.07. The SMILES string of the molecule is CC(CCC(C)C)=Nn1c(-c2ccc3c(c2)NC(=O)CO3)csc1=Nc1ccc(F)cc1F. The predicted molar refractivity (Wildman–Crippen MR) is 126 cm³/mol. The minimum absolute atomic E-state index is 0.0175. The highest BCUT2D eigenvalue weighted by Crippen LogP contribution is 2.33. The van der Waals surface area contributed by atoms with Crippen LogP contribution in [0.15, 0.2) is 51.9 Å². The number of anilines is 1. The number of aromatic nitrogens is 1. The Morgan fingerprint density at radius 3 is 2.82 bits per heavy atom. The molecule has 1 N–H and O–H groups in total. The van der Waals surface area contributed by atoms with Crippen LogP contribution in [-0.4, -0.2) is 22.9 Å². The smallest absolute Gasteiger partial charge is 0.262 e. The Morgan fingerprint density at radius 2 is 2.06 bits per heavy atom. The molecule has 2 heterocycles. The Balaban J connectivity index is 1.82. The quantitative estimate of drug-likeness (QED) is 0.468. The molecule has 0 bridgehead atoms. The molecule has 0 unspecified atom stereocenters. The van der Waals surface area contributed by atoms with Crippen LogP contribution in [0.2, 0.25) is 0 Å². The van der Waals surface area contributed by atoms with Gasteiger partial charge in [0.2, 0.25) is 4.80 Å². The molecule has 0 atom stereocenters. The van der Waals surface area contributed by atoms with Gasteiger partial charge in [-0.2, -0.15) is 5.10 Å². The molecule has 2 aromatic carbocycles. The summed E-state index contributed by atoms with van der Waals surface area (Å²) in [5, 5.41) is 9.45. The molecule has 0 fully saturated rings. The van der Waals surface area contributed by atoms with Crippen molar-refractivity contribution in [2.24, 2.45) is 16.0 Å². The second kappa shape index (κ2) is 9.66. The van der Waals surface area contributed by atoms with Gasteiger partial charge in [-0.25, -0.2) is 18.4 Å². The second-order valence-electron chi connectivity index (χ2n) is 8.24. The standard InChI is InChI=1S/C24H24F2N4O2S/c1-14(2)4-5-15(3)29-30-21(16-6-9-22-20(10-16)27-23(31)12-32-22)13-33-24(30)28-19-8-7-17(25)11-18(19)26/h6-11,13-14H,4-5,12H2,1-3H3,(H,27,31). The van der Waals surface area contributed by atoms with E-state index in [-0.39, 0.29) is 18.2 Å². The molecule has 0 saturated carbocycles. The normalized spacial score (nSPS) is 14.3. The van der Waals surface area contributed by atoms with E-state index >= 15 is 0 Å². The number of benzene rings is 2. The largest absolute Gasteiger partial charge is 0.482 e. The van der Waals surface area contributed by atoms with E-state index in [0.717, 1.165) is 35.9 Å². The lowest BCUT2D eigenvalue weighted by Crippen LogP contribution is -2.25. The highest BCUT2D eigenvalue weighted by Gasteiger charge is 2.18. The van der Waals surface area contributed by atoms with E-state index in [1.165, 1.54) is 23.5 Å². The molecule has 172 valence electrons. The summed E-state index contributed by atoms with van der Waals surface area (Å²) in [6, 6.07) is 8.75. The molecule has 33 heavy (non-hydrogen) atoms. The van der Waals surface area contributed by atoms with Gasteiger partial charge in [0.1, 0.15) is 17.3 Å². The summed E-state index contributed by atoms with van der Waals surface area (Å²) in [6.45, 7) is 6.23.